The van der Waals surface area contributed by atoms with E-state index in [1.807, 2.05) is 11.3 Å². The van der Waals surface area contributed by atoms with Crippen LogP contribution in [0.5, 0.6) is 0 Å². The summed E-state index contributed by atoms with van der Waals surface area (Å²) in [6.45, 7) is 5.70. The number of halogens is 1. The molecule has 0 amide bonds. The van der Waals surface area contributed by atoms with Crippen molar-refractivity contribution in [1.29, 1.82) is 0 Å². The van der Waals surface area contributed by atoms with Gasteiger partial charge in [-0.3, -0.25) is 0 Å². The fourth-order valence-electron chi connectivity index (χ4n) is 3.65. The maximum absolute atomic E-state index is 3.82. The van der Waals surface area contributed by atoms with E-state index in [2.05, 4.69) is 45.9 Å². The lowest BCUT2D eigenvalue weighted by Crippen LogP contribution is -2.31. The number of rotatable bonds is 8. The van der Waals surface area contributed by atoms with Crippen LogP contribution in [0.3, 0.4) is 0 Å². The number of unbranched alkanes of at least 4 members (excludes halogenated alkanes) is 1. The monoisotopic (exact) mass is 371 g/mol. The van der Waals surface area contributed by atoms with Crippen molar-refractivity contribution in [2.75, 3.05) is 6.54 Å². The van der Waals surface area contributed by atoms with E-state index in [1.165, 1.54) is 61.4 Å². The minimum absolute atomic E-state index is 0.553. The van der Waals surface area contributed by atoms with Gasteiger partial charge in [0.2, 0.25) is 0 Å². The van der Waals surface area contributed by atoms with Crippen LogP contribution in [-0.2, 0) is 0 Å². The number of thiophene rings is 1. The minimum atomic E-state index is 0.553. The Morgan fingerprint density at radius 2 is 1.95 bits per heavy atom. The second-order valence-electron chi connectivity index (χ2n) is 6.53. The lowest BCUT2D eigenvalue weighted by atomic mass is 9.75. The summed E-state index contributed by atoms with van der Waals surface area (Å²) in [6, 6.07) is 0.553. The second-order valence-corrected chi connectivity index (χ2v) is 8.13. The predicted molar refractivity (Wildman–Crippen MR) is 98.0 cm³/mol. The highest BCUT2D eigenvalue weighted by molar-refractivity contribution is 9.10. The highest BCUT2D eigenvalue weighted by Gasteiger charge is 2.29. The molecular formula is C18H30BrNS. The fourth-order valence-corrected chi connectivity index (χ4v) is 5.23. The average Bonchev–Trinajstić information content (AvgIpc) is 2.93. The van der Waals surface area contributed by atoms with Crippen molar-refractivity contribution < 1.29 is 0 Å². The largest absolute Gasteiger partial charge is 0.310 e. The summed E-state index contributed by atoms with van der Waals surface area (Å²) < 4.78 is 1.30. The predicted octanol–water partition coefficient (Wildman–Crippen LogP) is 6.55. The highest BCUT2D eigenvalue weighted by atomic mass is 79.9. The van der Waals surface area contributed by atoms with Gasteiger partial charge in [0, 0.05) is 15.9 Å². The Bertz CT molecular complexity index is 396. The molecule has 0 spiro atoms. The van der Waals surface area contributed by atoms with Gasteiger partial charge in [-0.25, -0.2) is 0 Å². The van der Waals surface area contributed by atoms with Crippen LogP contribution in [0, 0.1) is 11.8 Å². The van der Waals surface area contributed by atoms with E-state index < -0.39 is 0 Å². The maximum atomic E-state index is 3.82. The molecular weight excluding hydrogens is 342 g/mol. The Labute approximate surface area is 143 Å². The Kier molecular flexibility index (Phi) is 7.76. The van der Waals surface area contributed by atoms with Gasteiger partial charge < -0.3 is 5.32 Å². The van der Waals surface area contributed by atoms with E-state index >= 15 is 0 Å². The first-order valence-electron chi connectivity index (χ1n) is 8.71. The Morgan fingerprint density at radius 3 is 2.52 bits per heavy atom. The molecule has 1 aliphatic rings. The van der Waals surface area contributed by atoms with Gasteiger partial charge >= 0.3 is 0 Å². The molecule has 1 fully saturated rings. The molecule has 0 bridgehead atoms. The SMILES string of the molecule is CCCCC1CCC(C(NCCC)c2cscc2Br)CC1. The summed E-state index contributed by atoms with van der Waals surface area (Å²) in [5.74, 6) is 1.82. The molecule has 1 aliphatic carbocycles. The van der Waals surface area contributed by atoms with Crippen molar-refractivity contribution in [1.82, 2.24) is 5.32 Å². The molecule has 1 saturated carbocycles. The number of nitrogens with one attached hydrogen (secondary N) is 1. The first-order chi connectivity index (χ1) is 10.3. The number of hydrogen-bond donors (Lipinski definition) is 1. The van der Waals surface area contributed by atoms with Crippen molar-refractivity contribution in [3.8, 4) is 0 Å². The van der Waals surface area contributed by atoms with Gasteiger partial charge in [-0.05, 0) is 64.5 Å². The third-order valence-electron chi connectivity index (χ3n) is 4.92. The van der Waals surface area contributed by atoms with Crippen LogP contribution in [0.1, 0.15) is 76.8 Å². The van der Waals surface area contributed by atoms with Gasteiger partial charge in [0.05, 0.1) is 0 Å². The summed E-state index contributed by atoms with van der Waals surface area (Å²) in [5.41, 5.74) is 1.49. The maximum Gasteiger partial charge on any atom is 0.0368 e. The van der Waals surface area contributed by atoms with Crippen LogP contribution in [0.4, 0.5) is 0 Å². The van der Waals surface area contributed by atoms with Gasteiger partial charge in [0.1, 0.15) is 0 Å². The zero-order valence-corrected chi connectivity index (χ0v) is 15.9. The Balaban J connectivity index is 1.94. The summed E-state index contributed by atoms with van der Waals surface area (Å²) in [5, 5.41) is 8.38. The van der Waals surface area contributed by atoms with Gasteiger partial charge in [-0.1, -0.05) is 46.0 Å². The minimum Gasteiger partial charge on any atom is -0.310 e. The van der Waals surface area contributed by atoms with E-state index in [4.69, 9.17) is 0 Å². The molecule has 21 heavy (non-hydrogen) atoms. The lowest BCUT2D eigenvalue weighted by molar-refractivity contribution is 0.213. The zero-order chi connectivity index (χ0) is 15.1. The molecule has 1 N–H and O–H groups in total. The molecule has 120 valence electrons. The van der Waals surface area contributed by atoms with E-state index in [9.17, 15) is 0 Å². The normalized spacial score (nSPS) is 24.1. The third kappa shape index (κ3) is 5.07. The fraction of sp³-hybridized carbons (Fsp3) is 0.778. The van der Waals surface area contributed by atoms with Gasteiger partial charge in [0.15, 0.2) is 0 Å². The molecule has 1 aromatic heterocycles. The summed E-state index contributed by atoms with van der Waals surface area (Å²) in [6.07, 6.45) is 11.1. The molecule has 1 nitrogen and oxygen atoms in total. The van der Waals surface area contributed by atoms with Gasteiger partial charge in [-0.2, -0.15) is 11.3 Å². The third-order valence-corrected chi connectivity index (χ3v) is 6.67. The lowest BCUT2D eigenvalue weighted by Gasteiger charge is -2.34. The van der Waals surface area contributed by atoms with Crippen LogP contribution in [0.15, 0.2) is 15.2 Å². The van der Waals surface area contributed by atoms with E-state index in [1.54, 1.807) is 0 Å². The molecule has 0 radical (unpaired) electrons. The van der Waals surface area contributed by atoms with Crippen molar-refractivity contribution in [2.24, 2.45) is 11.8 Å². The quantitative estimate of drug-likeness (QED) is 0.546. The Morgan fingerprint density at radius 1 is 1.19 bits per heavy atom. The standard InChI is InChI=1S/C18H30BrNS/c1-3-5-6-14-7-9-15(10-8-14)18(20-11-4-2)16-12-21-13-17(16)19/h12-15,18,20H,3-11H2,1-2H3. The van der Waals surface area contributed by atoms with Crippen molar-refractivity contribution in [3.63, 3.8) is 0 Å². The van der Waals surface area contributed by atoms with Gasteiger partial charge in [0.25, 0.3) is 0 Å². The molecule has 1 atom stereocenters. The second kappa shape index (κ2) is 9.32. The molecule has 1 heterocycles. The first-order valence-corrected chi connectivity index (χ1v) is 10.4. The molecule has 0 aliphatic heterocycles. The van der Waals surface area contributed by atoms with Crippen LogP contribution in [-0.4, -0.2) is 6.54 Å². The van der Waals surface area contributed by atoms with Crippen molar-refractivity contribution in [3.05, 3.63) is 20.8 Å². The average molecular weight is 372 g/mol. The van der Waals surface area contributed by atoms with Crippen molar-refractivity contribution >= 4 is 27.3 Å². The summed E-state index contributed by atoms with van der Waals surface area (Å²) in [7, 11) is 0. The molecule has 2 rings (SSSR count). The van der Waals surface area contributed by atoms with Crippen LogP contribution in [0.2, 0.25) is 0 Å². The van der Waals surface area contributed by atoms with E-state index in [0.717, 1.165) is 18.4 Å². The van der Waals surface area contributed by atoms with Crippen LogP contribution >= 0.6 is 27.3 Å². The first kappa shape index (κ1) is 17.5. The Hall–Kier alpha value is 0.140. The summed E-state index contributed by atoms with van der Waals surface area (Å²) >= 11 is 5.56. The molecule has 0 saturated heterocycles. The zero-order valence-electron chi connectivity index (χ0n) is 13.5. The molecule has 1 unspecified atom stereocenters. The highest BCUT2D eigenvalue weighted by Crippen LogP contribution is 2.41. The summed E-state index contributed by atoms with van der Waals surface area (Å²) in [4.78, 5) is 0. The molecule has 3 heteroatoms. The van der Waals surface area contributed by atoms with Crippen molar-refractivity contribution in [2.45, 2.75) is 71.3 Å². The topological polar surface area (TPSA) is 12.0 Å². The van der Waals surface area contributed by atoms with Gasteiger partial charge in [-0.15, -0.1) is 0 Å². The smallest absolute Gasteiger partial charge is 0.0368 e. The van der Waals surface area contributed by atoms with E-state index in [0.29, 0.717) is 6.04 Å². The molecule has 0 aromatic carbocycles. The molecule has 1 aromatic rings. The van der Waals surface area contributed by atoms with Crippen LogP contribution in [0.25, 0.3) is 0 Å². The number of hydrogen-bond acceptors (Lipinski definition) is 2. The van der Waals surface area contributed by atoms with E-state index in [-0.39, 0.29) is 0 Å². The van der Waals surface area contributed by atoms with Crippen LogP contribution < -0.4 is 5.32 Å².